The molecule has 2 aromatic rings. The van der Waals surface area contributed by atoms with Gasteiger partial charge in [0.15, 0.2) is 5.16 Å². The highest BCUT2D eigenvalue weighted by Gasteiger charge is 2.25. The Morgan fingerprint density at radius 3 is 2.89 bits per heavy atom. The number of para-hydroxylation sites is 2. The van der Waals surface area contributed by atoms with Crippen LogP contribution in [0.4, 0.5) is 5.69 Å². The molecule has 1 aromatic carbocycles. The highest BCUT2D eigenvalue weighted by molar-refractivity contribution is 7.99. The number of ether oxygens (including phenoxy) is 1. The van der Waals surface area contributed by atoms with Gasteiger partial charge in [-0.3, -0.25) is 4.79 Å². The van der Waals surface area contributed by atoms with E-state index in [1.54, 1.807) is 4.90 Å². The molecule has 3 heterocycles. The molecule has 27 heavy (non-hydrogen) atoms. The van der Waals surface area contributed by atoms with E-state index >= 15 is 0 Å². The third-order valence-corrected chi connectivity index (χ3v) is 5.93. The van der Waals surface area contributed by atoms with Crippen LogP contribution in [-0.2, 0) is 11.8 Å². The van der Waals surface area contributed by atoms with E-state index in [-0.39, 0.29) is 18.3 Å². The van der Waals surface area contributed by atoms with Crippen LogP contribution in [0.15, 0.2) is 29.4 Å². The predicted octanol–water partition coefficient (Wildman–Crippen LogP) is 2.22. The number of fused-ring (bicyclic) bond motifs is 1. The number of amides is 1. The van der Waals surface area contributed by atoms with Crippen LogP contribution in [0.1, 0.15) is 24.6 Å². The highest BCUT2D eigenvalue weighted by Crippen LogP contribution is 2.32. The Labute approximate surface area is 169 Å². The zero-order valence-corrected chi connectivity index (χ0v) is 16.9. The molecular weight excluding hydrogens is 386 g/mol. The van der Waals surface area contributed by atoms with Crippen molar-refractivity contribution in [3.05, 3.63) is 30.1 Å². The van der Waals surface area contributed by atoms with E-state index < -0.39 is 0 Å². The van der Waals surface area contributed by atoms with Crippen molar-refractivity contribution in [2.75, 3.05) is 36.9 Å². The number of piperidine rings is 1. The van der Waals surface area contributed by atoms with E-state index in [0.29, 0.717) is 24.8 Å². The molecule has 2 aliphatic heterocycles. The summed E-state index contributed by atoms with van der Waals surface area (Å²) in [5.74, 6) is 2.65. The van der Waals surface area contributed by atoms with Crippen LogP contribution in [0.5, 0.6) is 5.75 Å². The molecule has 2 aliphatic rings. The van der Waals surface area contributed by atoms with Crippen molar-refractivity contribution in [2.45, 2.75) is 23.9 Å². The van der Waals surface area contributed by atoms with E-state index in [1.165, 1.54) is 11.8 Å². The van der Waals surface area contributed by atoms with E-state index in [2.05, 4.69) is 15.5 Å². The number of carbonyl (C=O) groups is 1. The second kappa shape index (κ2) is 8.95. The number of hydrogen-bond donors (Lipinski definition) is 1. The second-order valence-corrected chi connectivity index (χ2v) is 7.52. The molecule has 1 fully saturated rings. The molecule has 0 radical (unpaired) electrons. The average molecular weight is 410 g/mol. The smallest absolute Gasteiger partial charge is 0.237 e. The number of carbonyl (C=O) groups excluding carboxylic acids is 1. The molecule has 9 heteroatoms. The molecule has 4 rings (SSSR count). The number of rotatable bonds is 4. The van der Waals surface area contributed by atoms with Gasteiger partial charge in [-0.2, -0.15) is 0 Å². The van der Waals surface area contributed by atoms with Crippen molar-refractivity contribution in [1.29, 1.82) is 0 Å². The van der Waals surface area contributed by atoms with Crippen molar-refractivity contribution in [1.82, 2.24) is 20.1 Å². The minimum absolute atomic E-state index is 0. The Hall–Kier alpha value is -1.77. The van der Waals surface area contributed by atoms with Gasteiger partial charge in [0.25, 0.3) is 0 Å². The molecular formula is C18H24ClN5O2S. The summed E-state index contributed by atoms with van der Waals surface area (Å²) in [4.78, 5) is 14.5. The number of benzene rings is 1. The lowest BCUT2D eigenvalue weighted by atomic mass is 9.97. The van der Waals surface area contributed by atoms with Crippen LogP contribution in [0.2, 0.25) is 0 Å². The minimum Gasteiger partial charge on any atom is -0.490 e. The third-order valence-electron chi connectivity index (χ3n) is 4.93. The maximum Gasteiger partial charge on any atom is 0.237 e. The summed E-state index contributed by atoms with van der Waals surface area (Å²) in [5.41, 5.74) is 0.845. The fourth-order valence-electron chi connectivity index (χ4n) is 3.52. The lowest BCUT2D eigenvalue weighted by Crippen LogP contribution is -2.39. The number of thioether (sulfide) groups is 1. The van der Waals surface area contributed by atoms with Crippen molar-refractivity contribution in [2.24, 2.45) is 7.05 Å². The van der Waals surface area contributed by atoms with Gasteiger partial charge in [-0.1, -0.05) is 23.9 Å². The largest absolute Gasteiger partial charge is 0.490 e. The van der Waals surface area contributed by atoms with Crippen molar-refractivity contribution in [3.8, 4) is 5.75 Å². The first-order valence-corrected chi connectivity index (χ1v) is 9.97. The van der Waals surface area contributed by atoms with Gasteiger partial charge < -0.3 is 19.5 Å². The van der Waals surface area contributed by atoms with Gasteiger partial charge in [0.1, 0.15) is 18.2 Å². The molecule has 0 bridgehead atoms. The number of anilines is 1. The van der Waals surface area contributed by atoms with Crippen molar-refractivity contribution >= 4 is 35.8 Å². The lowest BCUT2D eigenvalue weighted by molar-refractivity contribution is -0.116. The number of nitrogens with one attached hydrogen (secondary N) is 1. The Bertz CT molecular complexity index is 794. The molecule has 0 unspecified atom stereocenters. The lowest BCUT2D eigenvalue weighted by Gasteiger charge is -2.29. The van der Waals surface area contributed by atoms with E-state index in [1.807, 2.05) is 35.9 Å². The van der Waals surface area contributed by atoms with Crippen molar-refractivity contribution in [3.63, 3.8) is 0 Å². The summed E-state index contributed by atoms with van der Waals surface area (Å²) in [6.45, 7) is 3.15. The Kier molecular flexibility index (Phi) is 6.62. The standard InChI is InChI=1S/C18H23N5O2S.ClH/c1-22-17(13-6-8-19-9-7-13)20-21-18(22)26-12-16(24)23-10-11-25-15-5-3-2-4-14(15)23;/h2-5,13,19H,6-12H2,1H3;1H. The summed E-state index contributed by atoms with van der Waals surface area (Å²) in [7, 11) is 1.99. The monoisotopic (exact) mass is 409 g/mol. The van der Waals surface area contributed by atoms with Gasteiger partial charge in [0.05, 0.1) is 18.0 Å². The first-order chi connectivity index (χ1) is 12.7. The number of nitrogens with zero attached hydrogens (tertiary/aromatic N) is 4. The number of aromatic nitrogens is 3. The second-order valence-electron chi connectivity index (χ2n) is 6.57. The molecule has 1 aromatic heterocycles. The summed E-state index contributed by atoms with van der Waals surface area (Å²) in [5, 5.41) is 12.9. The highest BCUT2D eigenvalue weighted by atomic mass is 35.5. The summed E-state index contributed by atoms with van der Waals surface area (Å²) in [6, 6.07) is 7.67. The number of halogens is 1. The fourth-order valence-corrected chi connectivity index (χ4v) is 4.31. The average Bonchev–Trinajstić information content (AvgIpc) is 3.07. The molecule has 1 amide bonds. The summed E-state index contributed by atoms with van der Waals surface area (Å²) in [6.07, 6.45) is 2.17. The first kappa shape index (κ1) is 20.0. The molecule has 0 saturated carbocycles. The molecule has 1 saturated heterocycles. The van der Waals surface area contributed by atoms with Gasteiger partial charge in [0.2, 0.25) is 5.91 Å². The Morgan fingerprint density at radius 1 is 1.30 bits per heavy atom. The third kappa shape index (κ3) is 4.23. The fraction of sp³-hybridized carbons (Fsp3) is 0.500. The van der Waals surface area contributed by atoms with Gasteiger partial charge in [-0.25, -0.2) is 0 Å². The first-order valence-electron chi connectivity index (χ1n) is 8.99. The minimum atomic E-state index is 0. The summed E-state index contributed by atoms with van der Waals surface area (Å²) >= 11 is 1.45. The molecule has 0 atom stereocenters. The van der Waals surface area contributed by atoms with Crippen LogP contribution in [-0.4, -0.2) is 52.7 Å². The normalized spacial score (nSPS) is 17.0. The summed E-state index contributed by atoms with van der Waals surface area (Å²) < 4.78 is 7.67. The van der Waals surface area contributed by atoms with Gasteiger partial charge in [-0.15, -0.1) is 22.6 Å². The quantitative estimate of drug-likeness (QED) is 0.780. The number of hydrogen-bond acceptors (Lipinski definition) is 6. The molecule has 1 N–H and O–H groups in total. The van der Waals surface area contributed by atoms with E-state index in [9.17, 15) is 4.79 Å². The molecule has 7 nitrogen and oxygen atoms in total. The molecule has 0 spiro atoms. The van der Waals surface area contributed by atoms with E-state index in [0.717, 1.165) is 48.3 Å². The topological polar surface area (TPSA) is 72.3 Å². The predicted molar refractivity (Wildman–Crippen MR) is 108 cm³/mol. The maximum atomic E-state index is 12.7. The van der Waals surface area contributed by atoms with Crippen LogP contribution < -0.4 is 15.0 Å². The van der Waals surface area contributed by atoms with Gasteiger partial charge in [-0.05, 0) is 38.1 Å². The van der Waals surface area contributed by atoms with Crippen LogP contribution >= 0.6 is 24.2 Å². The van der Waals surface area contributed by atoms with Gasteiger partial charge in [0, 0.05) is 13.0 Å². The maximum absolute atomic E-state index is 12.7. The Balaban J connectivity index is 0.00000210. The van der Waals surface area contributed by atoms with E-state index in [4.69, 9.17) is 4.74 Å². The van der Waals surface area contributed by atoms with Crippen LogP contribution in [0.25, 0.3) is 0 Å². The van der Waals surface area contributed by atoms with Crippen molar-refractivity contribution < 1.29 is 9.53 Å². The molecule has 146 valence electrons. The van der Waals surface area contributed by atoms with Gasteiger partial charge >= 0.3 is 0 Å². The van der Waals surface area contributed by atoms with Crippen LogP contribution in [0.3, 0.4) is 0 Å². The van der Waals surface area contributed by atoms with Crippen LogP contribution in [0, 0.1) is 0 Å². The molecule has 0 aliphatic carbocycles. The SMILES string of the molecule is Cl.Cn1c(SCC(=O)N2CCOc3ccccc32)nnc1C1CCNCC1. The Morgan fingerprint density at radius 2 is 2.07 bits per heavy atom. The zero-order chi connectivity index (χ0) is 17.9. The zero-order valence-electron chi connectivity index (χ0n) is 15.3.